The van der Waals surface area contributed by atoms with Gasteiger partial charge in [0, 0.05) is 6.89 Å². The van der Waals surface area contributed by atoms with Crippen molar-refractivity contribution in [1.82, 2.24) is 0 Å². The second kappa shape index (κ2) is 8.08. The van der Waals surface area contributed by atoms with Crippen LogP contribution < -0.4 is 15.9 Å². The maximum atomic E-state index is 12.4. The molecule has 138 valence electrons. The molecule has 0 atom stereocenters. The van der Waals surface area contributed by atoms with E-state index in [9.17, 15) is 4.79 Å². The van der Waals surface area contributed by atoms with Gasteiger partial charge < -0.3 is 4.74 Å². The standard InChI is InChI=1S/C24H25O2P/c1-24(2,3)26-23(19-25)27(20-13-7-4-8-14-20,21-15-9-5-10-16-21)22-17-11-6-12-18-22/h4-19H,1-3H3. The van der Waals surface area contributed by atoms with Gasteiger partial charge in [0.2, 0.25) is 0 Å². The van der Waals surface area contributed by atoms with Crippen LogP contribution in [-0.4, -0.2) is 17.4 Å². The van der Waals surface area contributed by atoms with Gasteiger partial charge in [-0.2, -0.15) is 0 Å². The summed E-state index contributed by atoms with van der Waals surface area (Å²) in [6, 6.07) is 30.7. The first kappa shape index (κ1) is 19.4. The molecule has 2 nitrogen and oxygen atoms in total. The Bertz CT molecular complexity index is 837. The van der Waals surface area contributed by atoms with E-state index in [1.54, 1.807) is 0 Å². The third-order valence-corrected chi connectivity index (χ3v) is 8.35. The van der Waals surface area contributed by atoms with Gasteiger partial charge in [-0.05, 0) is 36.7 Å². The van der Waals surface area contributed by atoms with Crippen LogP contribution in [0.1, 0.15) is 20.8 Å². The van der Waals surface area contributed by atoms with E-state index >= 15 is 0 Å². The zero-order chi connectivity index (χ0) is 19.3. The summed E-state index contributed by atoms with van der Waals surface area (Å²) in [4.78, 5) is 12.4. The first-order chi connectivity index (χ1) is 13.0. The number of aldehydes is 1. The van der Waals surface area contributed by atoms with Crippen molar-refractivity contribution in [1.29, 1.82) is 0 Å². The normalized spacial score (nSPS) is 11.8. The van der Waals surface area contributed by atoms with Crippen molar-refractivity contribution in [3.05, 3.63) is 91.0 Å². The molecule has 3 aromatic rings. The first-order valence-corrected chi connectivity index (χ1v) is 10.8. The summed E-state index contributed by atoms with van der Waals surface area (Å²) in [6.07, 6.45) is 0.909. The smallest absolute Gasteiger partial charge is 0.173 e. The van der Waals surface area contributed by atoms with E-state index in [0.717, 1.165) is 22.2 Å². The average molecular weight is 376 g/mol. The number of ether oxygens (including phenoxy) is 1. The molecule has 0 fully saturated rings. The molecular weight excluding hydrogens is 351 g/mol. The number of rotatable bonds is 5. The lowest BCUT2D eigenvalue weighted by molar-refractivity contribution is -0.104. The third-order valence-electron chi connectivity index (χ3n) is 4.27. The van der Waals surface area contributed by atoms with Gasteiger partial charge >= 0.3 is 0 Å². The lowest BCUT2D eigenvalue weighted by Crippen LogP contribution is -2.35. The van der Waals surface area contributed by atoms with Crippen molar-refractivity contribution in [2.24, 2.45) is 0 Å². The number of carbonyl (C=O) groups excluding carboxylic acids is 1. The van der Waals surface area contributed by atoms with Gasteiger partial charge in [0.05, 0.1) is 5.60 Å². The average Bonchev–Trinajstić information content (AvgIpc) is 2.69. The van der Waals surface area contributed by atoms with Crippen LogP contribution in [-0.2, 0) is 9.53 Å². The minimum absolute atomic E-state index is 0.472. The Morgan fingerprint density at radius 1 is 0.704 bits per heavy atom. The maximum Gasteiger partial charge on any atom is 0.173 e. The van der Waals surface area contributed by atoms with Crippen LogP contribution in [0.4, 0.5) is 0 Å². The van der Waals surface area contributed by atoms with Gasteiger partial charge in [-0.3, -0.25) is 4.79 Å². The van der Waals surface area contributed by atoms with E-state index in [4.69, 9.17) is 4.74 Å². The number of carbonyl (C=O) groups is 1. The summed E-state index contributed by atoms with van der Waals surface area (Å²) in [5.74, 6) is 0. The molecule has 0 aromatic heterocycles. The first-order valence-electron chi connectivity index (χ1n) is 9.06. The number of hydrogen-bond acceptors (Lipinski definition) is 2. The Kier molecular flexibility index (Phi) is 5.79. The molecule has 0 radical (unpaired) electrons. The Labute approximate surface area is 161 Å². The molecule has 3 heteroatoms. The molecule has 0 aliphatic carbocycles. The second-order valence-corrected chi connectivity index (χ2v) is 10.7. The zero-order valence-corrected chi connectivity index (χ0v) is 16.9. The Hall–Kier alpha value is -2.41. The lowest BCUT2D eigenvalue weighted by Gasteiger charge is -2.33. The Balaban J connectivity index is 2.53. The van der Waals surface area contributed by atoms with Crippen molar-refractivity contribution >= 4 is 34.6 Å². The summed E-state index contributed by atoms with van der Waals surface area (Å²) >= 11 is 0. The molecule has 0 spiro atoms. The fraction of sp³-hybridized carbons (Fsp3) is 0.167. The molecule has 0 heterocycles. The summed E-state index contributed by atoms with van der Waals surface area (Å²) < 4.78 is 6.31. The highest BCUT2D eigenvalue weighted by molar-refractivity contribution is 7.96. The molecule has 0 saturated carbocycles. The van der Waals surface area contributed by atoms with Gasteiger partial charge in [0.15, 0.2) is 6.29 Å². The fourth-order valence-corrected chi connectivity index (χ4v) is 7.35. The topological polar surface area (TPSA) is 26.3 Å². The van der Waals surface area contributed by atoms with Crippen LogP contribution in [0.3, 0.4) is 0 Å². The monoisotopic (exact) mass is 376 g/mol. The Morgan fingerprint density at radius 2 is 1.04 bits per heavy atom. The van der Waals surface area contributed by atoms with Crippen molar-refractivity contribution in [3.8, 4) is 0 Å². The molecule has 0 N–H and O–H groups in total. The fourth-order valence-electron chi connectivity index (χ4n) is 3.27. The van der Waals surface area contributed by atoms with Crippen LogP contribution in [0, 0.1) is 0 Å². The van der Waals surface area contributed by atoms with Gasteiger partial charge in [-0.1, -0.05) is 91.0 Å². The lowest BCUT2D eigenvalue weighted by atomic mass is 10.2. The predicted octanol–water partition coefficient (Wildman–Crippen LogP) is 4.12. The van der Waals surface area contributed by atoms with Gasteiger partial charge in [0.1, 0.15) is 5.48 Å². The van der Waals surface area contributed by atoms with Crippen molar-refractivity contribution in [2.45, 2.75) is 26.4 Å². The zero-order valence-electron chi connectivity index (χ0n) is 16.0. The molecular formula is C24H25O2P. The van der Waals surface area contributed by atoms with Crippen molar-refractivity contribution < 1.29 is 9.53 Å². The van der Waals surface area contributed by atoms with E-state index in [0.29, 0.717) is 5.48 Å². The Morgan fingerprint density at radius 3 is 1.30 bits per heavy atom. The van der Waals surface area contributed by atoms with Gasteiger partial charge in [0.25, 0.3) is 0 Å². The molecule has 0 saturated heterocycles. The third kappa shape index (κ3) is 3.98. The number of benzene rings is 3. The van der Waals surface area contributed by atoms with Gasteiger partial charge in [-0.25, -0.2) is 0 Å². The van der Waals surface area contributed by atoms with Crippen LogP contribution in [0.25, 0.3) is 0 Å². The molecule has 0 unspecified atom stereocenters. The summed E-state index contributed by atoms with van der Waals surface area (Å²) in [5.41, 5.74) is 0.0263. The molecule has 0 aliphatic heterocycles. The molecule has 0 bridgehead atoms. The van der Waals surface area contributed by atoms with E-state index in [1.165, 1.54) is 0 Å². The highest BCUT2D eigenvalue weighted by Gasteiger charge is 2.32. The SMILES string of the molecule is CC(C)(C)OC(C=O)=P(c1ccccc1)(c1ccccc1)c1ccccc1. The van der Waals surface area contributed by atoms with Crippen LogP contribution >= 0.6 is 6.89 Å². The second-order valence-electron chi connectivity index (χ2n) is 7.35. The minimum Gasteiger partial charge on any atom is -0.336 e. The molecule has 27 heavy (non-hydrogen) atoms. The quantitative estimate of drug-likeness (QED) is 0.495. The summed E-state index contributed by atoms with van der Waals surface area (Å²) in [5, 5.41) is 3.32. The maximum absolute atomic E-state index is 12.4. The van der Waals surface area contributed by atoms with Gasteiger partial charge in [-0.15, -0.1) is 0 Å². The van der Waals surface area contributed by atoms with Crippen LogP contribution in [0.2, 0.25) is 0 Å². The summed E-state index contributed by atoms with van der Waals surface area (Å²) in [6.45, 7) is 3.50. The molecule has 3 rings (SSSR count). The van der Waals surface area contributed by atoms with E-state index < -0.39 is 12.5 Å². The van der Waals surface area contributed by atoms with Crippen molar-refractivity contribution in [3.63, 3.8) is 0 Å². The van der Waals surface area contributed by atoms with E-state index in [-0.39, 0.29) is 0 Å². The molecule has 0 amide bonds. The molecule has 3 aromatic carbocycles. The molecule has 0 aliphatic rings. The number of hydrogen-bond donors (Lipinski definition) is 0. The van der Waals surface area contributed by atoms with E-state index in [2.05, 4.69) is 36.4 Å². The van der Waals surface area contributed by atoms with Crippen molar-refractivity contribution in [2.75, 3.05) is 0 Å². The predicted molar refractivity (Wildman–Crippen MR) is 117 cm³/mol. The van der Waals surface area contributed by atoms with Crippen LogP contribution in [0.5, 0.6) is 0 Å². The largest absolute Gasteiger partial charge is 0.336 e. The highest BCUT2D eigenvalue weighted by Crippen LogP contribution is 2.46. The summed E-state index contributed by atoms with van der Waals surface area (Å²) in [7, 11) is 0. The minimum atomic E-state index is -2.43. The highest BCUT2D eigenvalue weighted by atomic mass is 31.2. The van der Waals surface area contributed by atoms with Crippen LogP contribution in [0.15, 0.2) is 91.0 Å². The van der Waals surface area contributed by atoms with E-state index in [1.807, 2.05) is 75.4 Å².